The molecule has 0 radical (unpaired) electrons. The molecule has 4 nitrogen and oxygen atoms in total. The first kappa shape index (κ1) is 23.7. The van der Waals surface area contributed by atoms with Crippen molar-refractivity contribution in [2.24, 2.45) is 11.3 Å². The maximum absolute atomic E-state index is 13.1. The molecule has 1 spiro atoms. The zero-order valence-electron chi connectivity index (χ0n) is 19.6. The van der Waals surface area contributed by atoms with E-state index < -0.39 is 12.0 Å². The minimum absolute atomic E-state index is 0.168. The molecule has 3 aliphatic rings. The average molecular weight is 515 g/mol. The van der Waals surface area contributed by atoms with E-state index in [9.17, 15) is 22.8 Å². The number of nitrogens with zero attached hydrogens (tertiary/aromatic N) is 2. The molecular formula is C28H26ClF3N2O2. The predicted molar refractivity (Wildman–Crippen MR) is 131 cm³/mol. The van der Waals surface area contributed by atoms with Crippen molar-refractivity contribution in [2.45, 2.75) is 56.9 Å². The van der Waals surface area contributed by atoms with Crippen LogP contribution in [0.25, 0.3) is 10.9 Å². The second kappa shape index (κ2) is 8.45. The van der Waals surface area contributed by atoms with Gasteiger partial charge in [0.25, 0.3) is 5.78 Å². The fourth-order valence-electron chi connectivity index (χ4n) is 6.91. The molecule has 8 heteroatoms. The third-order valence-electron chi connectivity index (χ3n) is 8.51. The standard InChI is InChI=1S/C28H26ClF3N2O2/c29-19-8-6-18(7-9-19)23(35)12-17-13-24-27(14-17)15-25(27)34(24)11-3-10-33-16-21(26(36)28(30,31)32)20-4-1-2-5-22(20)33/h1-2,4-9,16-17,24-25H,3,10-15H2/t17?,24?,25?,27-/m0/s1. The van der Waals surface area contributed by atoms with Crippen LogP contribution in [0.4, 0.5) is 13.2 Å². The van der Waals surface area contributed by atoms with Crippen molar-refractivity contribution >= 4 is 34.1 Å². The Bertz CT molecular complexity index is 1350. The lowest BCUT2D eigenvalue weighted by Crippen LogP contribution is -2.53. The first-order valence-electron chi connectivity index (χ1n) is 12.4. The zero-order valence-corrected chi connectivity index (χ0v) is 20.4. The van der Waals surface area contributed by atoms with Crippen LogP contribution in [0.5, 0.6) is 0 Å². The van der Waals surface area contributed by atoms with Crippen molar-refractivity contribution in [3.63, 3.8) is 0 Å². The van der Waals surface area contributed by atoms with Gasteiger partial charge < -0.3 is 4.57 Å². The minimum atomic E-state index is -4.89. The normalized spacial score (nSPS) is 26.9. The number of fused-ring (bicyclic) bond motifs is 1. The van der Waals surface area contributed by atoms with Gasteiger partial charge in [-0.3, -0.25) is 14.5 Å². The Balaban J connectivity index is 1.07. The molecule has 2 aliphatic carbocycles. The lowest BCUT2D eigenvalue weighted by Gasteiger charge is -2.44. The summed E-state index contributed by atoms with van der Waals surface area (Å²) in [5.74, 6) is -1.24. The Kier molecular flexibility index (Phi) is 5.57. The number of hydrogen-bond acceptors (Lipinski definition) is 3. The third-order valence-corrected chi connectivity index (χ3v) is 8.76. The van der Waals surface area contributed by atoms with Gasteiger partial charge in [-0.2, -0.15) is 13.2 Å². The van der Waals surface area contributed by atoms with E-state index in [4.69, 9.17) is 11.6 Å². The molecule has 6 rings (SSSR count). The molecule has 3 unspecified atom stereocenters. The molecular weight excluding hydrogens is 489 g/mol. The minimum Gasteiger partial charge on any atom is -0.347 e. The topological polar surface area (TPSA) is 42.3 Å². The average Bonchev–Trinajstić information content (AvgIpc) is 3.15. The lowest BCUT2D eigenvalue weighted by molar-refractivity contribution is -0.0884. The second-order valence-electron chi connectivity index (χ2n) is 10.6. The summed E-state index contributed by atoms with van der Waals surface area (Å²) in [5.41, 5.74) is 1.45. The molecule has 2 aromatic carbocycles. The Morgan fingerprint density at radius 1 is 1.00 bits per heavy atom. The number of likely N-dealkylation sites (tertiary alicyclic amines) is 1. The molecule has 0 N–H and O–H groups in total. The van der Waals surface area contributed by atoms with Crippen LogP contribution in [0, 0.1) is 11.3 Å². The van der Waals surface area contributed by atoms with Crippen LogP contribution in [0.1, 0.15) is 52.8 Å². The summed E-state index contributed by atoms with van der Waals surface area (Å²) in [4.78, 5) is 27.2. The Morgan fingerprint density at radius 2 is 1.75 bits per heavy atom. The molecule has 188 valence electrons. The van der Waals surface area contributed by atoms with Gasteiger partial charge in [0.05, 0.1) is 5.56 Å². The fourth-order valence-corrected chi connectivity index (χ4v) is 7.03. The molecule has 1 saturated heterocycles. The molecule has 4 atom stereocenters. The van der Waals surface area contributed by atoms with Crippen LogP contribution in [0.3, 0.4) is 0 Å². The number of carbonyl (C=O) groups excluding carboxylic acids is 2. The second-order valence-corrected chi connectivity index (χ2v) is 11.0. The van der Waals surface area contributed by atoms with Crippen LogP contribution >= 0.6 is 11.6 Å². The monoisotopic (exact) mass is 514 g/mol. The molecule has 3 aromatic rings. The summed E-state index contributed by atoms with van der Waals surface area (Å²) in [7, 11) is 0. The van der Waals surface area contributed by atoms with Crippen LogP contribution < -0.4 is 0 Å². The number of hydrogen-bond donors (Lipinski definition) is 0. The maximum Gasteiger partial charge on any atom is 0.454 e. The SMILES string of the molecule is O=C(CC1CC2N(CCCn3cc(C(=O)C(F)(F)F)c4ccccc43)C3C[C@@]23C1)c1ccc(Cl)cc1. The summed E-state index contributed by atoms with van der Waals surface area (Å²) >= 11 is 5.94. The van der Waals surface area contributed by atoms with Gasteiger partial charge in [-0.25, -0.2) is 0 Å². The highest BCUT2D eigenvalue weighted by Gasteiger charge is 2.75. The van der Waals surface area contributed by atoms with Gasteiger partial charge in [-0.1, -0.05) is 29.8 Å². The number of aryl methyl sites for hydroxylation is 1. The largest absolute Gasteiger partial charge is 0.454 e. The first-order valence-corrected chi connectivity index (χ1v) is 12.8. The summed E-state index contributed by atoms with van der Waals surface area (Å²) in [6.07, 6.45) is 1.11. The van der Waals surface area contributed by atoms with Gasteiger partial charge in [0.1, 0.15) is 0 Å². The highest BCUT2D eigenvalue weighted by atomic mass is 35.5. The van der Waals surface area contributed by atoms with Gasteiger partial charge in [-0.05, 0) is 61.9 Å². The van der Waals surface area contributed by atoms with Crippen molar-refractivity contribution in [1.82, 2.24) is 9.47 Å². The molecule has 2 saturated carbocycles. The molecule has 1 aromatic heterocycles. The van der Waals surface area contributed by atoms with Crippen LogP contribution in [-0.2, 0) is 6.54 Å². The highest BCUT2D eigenvalue weighted by molar-refractivity contribution is 6.30. The number of alkyl halides is 3. The summed E-state index contributed by atoms with van der Waals surface area (Å²) < 4.78 is 41.0. The molecule has 3 fully saturated rings. The van der Waals surface area contributed by atoms with Crippen molar-refractivity contribution in [1.29, 1.82) is 0 Å². The molecule has 36 heavy (non-hydrogen) atoms. The van der Waals surface area contributed by atoms with Crippen molar-refractivity contribution in [2.75, 3.05) is 6.54 Å². The van der Waals surface area contributed by atoms with E-state index in [0.29, 0.717) is 57.9 Å². The van der Waals surface area contributed by atoms with Crippen LogP contribution in [-0.4, -0.2) is 45.8 Å². The van der Waals surface area contributed by atoms with Crippen LogP contribution in [0.15, 0.2) is 54.7 Å². The Hall–Kier alpha value is -2.64. The van der Waals surface area contributed by atoms with Gasteiger partial charge in [0.15, 0.2) is 5.78 Å². The van der Waals surface area contributed by atoms with E-state index in [2.05, 4.69) is 4.90 Å². The van der Waals surface area contributed by atoms with E-state index in [1.54, 1.807) is 53.1 Å². The molecule has 2 heterocycles. The highest BCUT2D eigenvalue weighted by Crippen LogP contribution is 2.72. The first-order chi connectivity index (χ1) is 17.2. The number of halogens is 4. The van der Waals surface area contributed by atoms with Crippen molar-refractivity contribution < 1.29 is 22.8 Å². The lowest BCUT2D eigenvalue weighted by atomic mass is 9.89. The summed E-state index contributed by atoms with van der Waals surface area (Å²) in [6, 6.07) is 14.9. The van der Waals surface area contributed by atoms with E-state index in [-0.39, 0.29) is 11.3 Å². The quantitative estimate of drug-likeness (QED) is 0.320. The van der Waals surface area contributed by atoms with Crippen molar-refractivity contribution in [3.8, 4) is 0 Å². The zero-order chi connectivity index (χ0) is 25.2. The number of aromatic nitrogens is 1. The van der Waals surface area contributed by atoms with Gasteiger partial charge >= 0.3 is 6.18 Å². The Morgan fingerprint density at radius 3 is 2.50 bits per heavy atom. The number of Topliss-reactive ketones (excluding diaryl/α,β-unsaturated/α-hetero) is 2. The number of para-hydroxylation sites is 1. The van der Waals surface area contributed by atoms with E-state index in [0.717, 1.165) is 25.8 Å². The van der Waals surface area contributed by atoms with Crippen molar-refractivity contribution in [3.05, 3.63) is 70.9 Å². The third kappa shape index (κ3) is 3.88. The number of rotatable bonds is 8. The summed E-state index contributed by atoms with van der Waals surface area (Å²) in [5, 5.41) is 0.964. The van der Waals surface area contributed by atoms with E-state index in [1.807, 2.05) is 0 Å². The van der Waals surface area contributed by atoms with Gasteiger partial charge in [-0.15, -0.1) is 0 Å². The van der Waals surface area contributed by atoms with Crippen LogP contribution in [0.2, 0.25) is 5.02 Å². The smallest absolute Gasteiger partial charge is 0.347 e. The van der Waals surface area contributed by atoms with Gasteiger partial charge in [0.2, 0.25) is 0 Å². The summed E-state index contributed by atoms with van der Waals surface area (Å²) in [6.45, 7) is 1.41. The molecule has 1 aliphatic heterocycles. The Labute approximate surface area is 212 Å². The van der Waals surface area contributed by atoms with E-state index >= 15 is 0 Å². The number of carbonyl (C=O) groups is 2. The van der Waals surface area contributed by atoms with Gasteiger partial charge in [0, 0.05) is 64.7 Å². The van der Waals surface area contributed by atoms with E-state index in [1.165, 1.54) is 12.6 Å². The number of benzene rings is 2. The number of ketones is 2. The predicted octanol–water partition coefficient (Wildman–Crippen LogP) is 6.56. The maximum atomic E-state index is 13.1. The molecule has 0 amide bonds. The fraction of sp³-hybridized carbons (Fsp3) is 0.429. The molecule has 0 bridgehead atoms.